The third kappa shape index (κ3) is 6.40. The Morgan fingerprint density at radius 2 is 1.79 bits per heavy atom. The number of hydrogen-bond acceptors (Lipinski definition) is 6. The number of benzene rings is 1. The molecule has 1 aliphatic carbocycles. The molecule has 4 rings (SSSR count). The second kappa shape index (κ2) is 11.1. The van der Waals surface area contributed by atoms with Gasteiger partial charge in [-0.05, 0) is 51.1 Å². The maximum atomic E-state index is 14.6. The van der Waals surface area contributed by atoms with E-state index in [1.54, 1.807) is 0 Å². The van der Waals surface area contributed by atoms with Gasteiger partial charge >= 0.3 is 10.2 Å². The Labute approximate surface area is 205 Å². The van der Waals surface area contributed by atoms with Crippen LogP contribution in [0.5, 0.6) is 5.75 Å². The van der Waals surface area contributed by atoms with Gasteiger partial charge in [-0.2, -0.15) is 12.7 Å². The Kier molecular flexibility index (Phi) is 8.35. The number of ether oxygens (including phenoxy) is 2. The molecule has 0 unspecified atom stereocenters. The molecular weight excluding hydrogens is 485 g/mol. The maximum absolute atomic E-state index is 14.6. The third-order valence-electron chi connectivity index (χ3n) is 6.91. The quantitative estimate of drug-likeness (QED) is 0.569. The SMILES string of the molecule is CN1CC[C@H](OC2CCN(S(=O)(=O)NC(=O)c3cc(Cl)c(OCC4CCCC4)cc3F)CC2)C1. The summed E-state index contributed by atoms with van der Waals surface area (Å²) in [5, 5.41) is 0.0671. The first-order valence-corrected chi connectivity index (χ1v) is 13.8. The van der Waals surface area contributed by atoms with Gasteiger partial charge in [-0.15, -0.1) is 0 Å². The topological polar surface area (TPSA) is 88.2 Å². The number of amides is 1. The predicted molar refractivity (Wildman–Crippen MR) is 127 cm³/mol. The number of halogens is 2. The largest absolute Gasteiger partial charge is 0.492 e. The van der Waals surface area contributed by atoms with Crippen molar-refractivity contribution in [1.82, 2.24) is 13.9 Å². The van der Waals surface area contributed by atoms with Crippen molar-refractivity contribution in [3.63, 3.8) is 0 Å². The molecule has 0 aromatic heterocycles. The second-order valence-corrected chi connectivity index (χ2v) is 11.6. The number of carbonyl (C=O) groups is 1. The van der Waals surface area contributed by atoms with Gasteiger partial charge in [0.05, 0.1) is 29.4 Å². The first kappa shape index (κ1) is 25.6. The molecule has 2 aliphatic heterocycles. The highest BCUT2D eigenvalue weighted by Crippen LogP contribution is 2.31. The average Bonchev–Trinajstić information content (AvgIpc) is 3.45. The fraction of sp³-hybridized carbons (Fsp3) is 0.696. The molecule has 1 saturated carbocycles. The highest BCUT2D eigenvalue weighted by molar-refractivity contribution is 7.87. The summed E-state index contributed by atoms with van der Waals surface area (Å²) in [4.78, 5) is 14.8. The van der Waals surface area contributed by atoms with Crippen LogP contribution in [-0.2, 0) is 14.9 Å². The summed E-state index contributed by atoms with van der Waals surface area (Å²) in [6, 6.07) is 2.16. The number of nitrogens with one attached hydrogen (secondary N) is 1. The summed E-state index contributed by atoms with van der Waals surface area (Å²) in [5.41, 5.74) is -0.439. The van der Waals surface area contributed by atoms with Crippen LogP contribution in [0.15, 0.2) is 12.1 Å². The first-order valence-electron chi connectivity index (χ1n) is 12.0. The van der Waals surface area contributed by atoms with Crippen LogP contribution in [0.3, 0.4) is 0 Å². The Morgan fingerprint density at radius 1 is 1.12 bits per heavy atom. The molecule has 1 N–H and O–H groups in total. The smallest absolute Gasteiger partial charge is 0.304 e. The molecule has 1 aromatic carbocycles. The van der Waals surface area contributed by atoms with Gasteiger partial charge in [-0.3, -0.25) is 4.79 Å². The van der Waals surface area contributed by atoms with Crippen LogP contribution in [-0.4, -0.2) is 75.6 Å². The van der Waals surface area contributed by atoms with Crippen LogP contribution < -0.4 is 9.46 Å². The Hall–Kier alpha value is -1.46. The number of rotatable bonds is 8. The molecule has 2 heterocycles. The number of piperidine rings is 1. The van der Waals surface area contributed by atoms with E-state index >= 15 is 0 Å². The van der Waals surface area contributed by atoms with Crippen LogP contribution in [0.1, 0.15) is 55.3 Å². The minimum Gasteiger partial charge on any atom is -0.492 e. The van der Waals surface area contributed by atoms with Gasteiger partial charge in [-0.25, -0.2) is 9.11 Å². The van der Waals surface area contributed by atoms with E-state index in [2.05, 4.69) is 4.90 Å². The van der Waals surface area contributed by atoms with Crippen LogP contribution in [0.25, 0.3) is 0 Å². The molecule has 1 amide bonds. The van der Waals surface area contributed by atoms with Crippen molar-refractivity contribution in [1.29, 1.82) is 0 Å². The number of carbonyl (C=O) groups excluding carboxylic acids is 1. The van der Waals surface area contributed by atoms with E-state index in [9.17, 15) is 17.6 Å². The summed E-state index contributed by atoms with van der Waals surface area (Å²) in [6.07, 6.45) is 6.69. The van der Waals surface area contributed by atoms with Crippen molar-refractivity contribution in [3.8, 4) is 5.75 Å². The molecule has 1 atom stereocenters. The normalized spacial score (nSPS) is 23.4. The zero-order valence-electron chi connectivity index (χ0n) is 19.5. The molecule has 0 radical (unpaired) electrons. The van der Waals surface area contributed by atoms with E-state index in [1.807, 2.05) is 11.8 Å². The zero-order valence-corrected chi connectivity index (χ0v) is 21.0. The summed E-state index contributed by atoms with van der Waals surface area (Å²) in [7, 11) is -2.07. The van der Waals surface area contributed by atoms with Gasteiger partial charge in [0.15, 0.2) is 0 Å². The van der Waals surface area contributed by atoms with Crippen molar-refractivity contribution < 1.29 is 27.1 Å². The second-order valence-electron chi connectivity index (χ2n) is 9.57. The Morgan fingerprint density at radius 3 is 2.44 bits per heavy atom. The molecule has 190 valence electrons. The molecule has 0 bridgehead atoms. The first-order chi connectivity index (χ1) is 16.2. The summed E-state index contributed by atoms with van der Waals surface area (Å²) >= 11 is 6.20. The van der Waals surface area contributed by atoms with Crippen molar-refractivity contribution >= 4 is 27.7 Å². The third-order valence-corrected chi connectivity index (χ3v) is 8.69. The average molecular weight is 518 g/mol. The lowest BCUT2D eigenvalue weighted by atomic mass is 10.1. The number of likely N-dealkylation sites (N-methyl/N-ethyl adjacent to an activating group) is 1. The molecule has 11 heteroatoms. The Balaban J connectivity index is 1.31. The van der Waals surface area contributed by atoms with Crippen molar-refractivity contribution in [2.75, 3.05) is 39.8 Å². The van der Waals surface area contributed by atoms with Crippen LogP contribution in [0.2, 0.25) is 5.02 Å². The van der Waals surface area contributed by atoms with Crippen LogP contribution in [0.4, 0.5) is 4.39 Å². The molecule has 34 heavy (non-hydrogen) atoms. The van der Waals surface area contributed by atoms with Gasteiger partial charge in [0.1, 0.15) is 11.6 Å². The van der Waals surface area contributed by atoms with E-state index in [4.69, 9.17) is 21.1 Å². The van der Waals surface area contributed by atoms with Gasteiger partial charge in [0.2, 0.25) is 0 Å². The number of likely N-dealkylation sites (tertiary alicyclic amines) is 1. The van der Waals surface area contributed by atoms with Gasteiger partial charge in [0, 0.05) is 32.2 Å². The minimum atomic E-state index is -4.12. The van der Waals surface area contributed by atoms with E-state index in [0.29, 0.717) is 25.4 Å². The minimum absolute atomic E-state index is 0.00770. The Bertz CT molecular complexity index is 981. The highest BCUT2D eigenvalue weighted by Gasteiger charge is 2.32. The lowest BCUT2D eigenvalue weighted by Crippen LogP contribution is -2.48. The van der Waals surface area contributed by atoms with Crippen molar-refractivity contribution in [3.05, 3.63) is 28.5 Å². The lowest BCUT2D eigenvalue weighted by Gasteiger charge is -2.32. The van der Waals surface area contributed by atoms with Gasteiger partial charge in [-0.1, -0.05) is 24.4 Å². The molecule has 3 aliphatic rings. The van der Waals surface area contributed by atoms with E-state index in [1.165, 1.54) is 4.31 Å². The molecule has 8 nitrogen and oxygen atoms in total. The fourth-order valence-corrected chi connectivity index (χ4v) is 6.30. The number of nitrogens with zero attached hydrogens (tertiary/aromatic N) is 2. The number of hydrogen-bond donors (Lipinski definition) is 1. The van der Waals surface area contributed by atoms with E-state index < -0.39 is 27.5 Å². The summed E-state index contributed by atoms with van der Waals surface area (Å²) in [6.45, 7) is 2.78. The predicted octanol–water partition coefficient (Wildman–Crippen LogP) is 3.21. The van der Waals surface area contributed by atoms with Gasteiger partial charge in [0.25, 0.3) is 5.91 Å². The zero-order chi connectivity index (χ0) is 24.3. The fourth-order valence-electron chi connectivity index (χ4n) is 4.92. The monoisotopic (exact) mass is 517 g/mol. The standard InChI is InChI=1S/C23H33ClFN3O5S/c1-27-9-6-18(14-27)33-17-7-10-28(11-8-17)34(30,31)26-23(29)19-12-20(24)22(13-21(19)25)32-15-16-4-2-3-5-16/h12-13,16-18H,2-11,14-15H2,1H3,(H,26,29)/t18-/m0/s1. The molecule has 0 spiro atoms. The maximum Gasteiger partial charge on any atom is 0.304 e. The molecule has 3 fully saturated rings. The molecule has 2 saturated heterocycles. The van der Waals surface area contributed by atoms with Crippen LogP contribution in [0, 0.1) is 11.7 Å². The van der Waals surface area contributed by atoms with Crippen LogP contribution >= 0.6 is 11.6 Å². The van der Waals surface area contributed by atoms with E-state index in [-0.39, 0.29) is 36.1 Å². The molecule has 1 aromatic rings. The van der Waals surface area contributed by atoms with Crippen molar-refractivity contribution in [2.24, 2.45) is 5.92 Å². The van der Waals surface area contributed by atoms with E-state index in [0.717, 1.165) is 57.3 Å². The molecular formula is C23H33ClFN3O5S. The highest BCUT2D eigenvalue weighted by atomic mass is 35.5. The van der Waals surface area contributed by atoms with Gasteiger partial charge < -0.3 is 14.4 Å². The summed E-state index contributed by atoms with van der Waals surface area (Å²) in [5.74, 6) is -1.37. The lowest BCUT2D eigenvalue weighted by molar-refractivity contribution is -0.0278. The van der Waals surface area contributed by atoms with Crippen molar-refractivity contribution in [2.45, 2.75) is 57.2 Å². The summed E-state index contributed by atoms with van der Waals surface area (Å²) < 4.78 is 55.1.